The molecule has 1 aliphatic carbocycles. The molecule has 2 aliphatic rings. The summed E-state index contributed by atoms with van der Waals surface area (Å²) in [5.41, 5.74) is 4.37. The van der Waals surface area contributed by atoms with Crippen LogP contribution in [0.4, 0.5) is 13.6 Å². The summed E-state index contributed by atoms with van der Waals surface area (Å²) in [4.78, 5) is 51.8. The fraction of sp³-hybridized carbons (Fsp3) is 0.826. The molecule has 1 spiro atoms. The maximum Gasteiger partial charge on any atom is 0.407 e. The molecule has 5 N–H and O–H groups in total. The Morgan fingerprint density at radius 3 is 2.20 bits per heavy atom. The number of alkyl carbamates (subject to hydrolysis) is 1. The monoisotopic (exact) mass is 504 g/mol. The zero-order valence-electron chi connectivity index (χ0n) is 21.0. The van der Waals surface area contributed by atoms with Crippen LogP contribution in [0.3, 0.4) is 0 Å². The van der Waals surface area contributed by atoms with Gasteiger partial charge >= 0.3 is 6.09 Å². The van der Waals surface area contributed by atoms with Gasteiger partial charge in [0.1, 0.15) is 12.1 Å². The Kier molecular flexibility index (Phi) is 8.73. The topological polar surface area (TPSA) is 151 Å². The number of carbonyl (C=O) groups excluding carboxylic acids is 4. The maximum absolute atomic E-state index is 13.6. The number of piperidine rings is 1. The van der Waals surface area contributed by atoms with Crippen LogP contribution in [0.2, 0.25) is 0 Å². The first kappa shape index (κ1) is 28.7. The molecular weight excluding hydrogens is 466 g/mol. The van der Waals surface area contributed by atoms with E-state index in [4.69, 9.17) is 5.73 Å². The average Bonchev–Trinajstić information content (AvgIpc) is 3.50. The number of likely N-dealkylation sites (tertiary alicyclic amines) is 1. The van der Waals surface area contributed by atoms with Crippen LogP contribution in [-0.4, -0.2) is 77.6 Å². The van der Waals surface area contributed by atoms with E-state index in [1.165, 1.54) is 12.0 Å². The molecule has 2 fully saturated rings. The molecule has 2 rings (SSSR count). The number of halogens is 2. The van der Waals surface area contributed by atoms with Gasteiger partial charge in [-0.25, -0.2) is 13.6 Å². The summed E-state index contributed by atoms with van der Waals surface area (Å²) in [6, 6.07) is -3.30. The quantitative estimate of drug-likeness (QED) is 0.372. The van der Waals surface area contributed by atoms with Crippen LogP contribution < -0.4 is 16.4 Å². The summed E-state index contributed by atoms with van der Waals surface area (Å²) in [7, 11) is 1.18. The first-order valence-corrected chi connectivity index (χ1v) is 11.8. The number of methoxy groups -OCH3 is 1. The number of rotatable bonds is 9. The Balaban J connectivity index is 2.29. The van der Waals surface area contributed by atoms with Crippen LogP contribution in [0.15, 0.2) is 0 Å². The van der Waals surface area contributed by atoms with Crippen molar-refractivity contribution in [2.75, 3.05) is 13.7 Å². The second kappa shape index (κ2) is 10.6. The van der Waals surface area contributed by atoms with Gasteiger partial charge in [-0.05, 0) is 49.9 Å². The molecule has 1 unspecified atom stereocenters. The molecule has 1 saturated heterocycles. The molecule has 0 aromatic rings. The molecule has 35 heavy (non-hydrogen) atoms. The van der Waals surface area contributed by atoms with E-state index in [1.807, 2.05) is 0 Å². The molecule has 12 heteroatoms. The number of aliphatic hydroxyl groups excluding tert-OH is 1. The number of primary amides is 1. The number of hydrogen-bond donors (Lipinski definition) is 4. The van der Waals surface area contributed by atoms with E-state index < -0.39 is 65.8 Å². The molecule has 0 bridgehead atoms. The highest BCUT2D eigenvalue weighted by molar-refractivity contribution is 5.92. The second-order valence-electron chi connectivity index (χ2n) is 11.0. The van der Waals surface area contributed by atoms with Crippen molar-refractivity contribution in [1.29, 1.82) is 0 Å². The van der Waals surface area contributed by atoms with Crippen molar-refractivity contribution in [3.63, 3.8) is 0 Å². The number of carbonyl (C=O) groups is 4. The first-order chi connectivity index (χ1) is 16.0. The van der Waals surface area contributed by atoms with E-state index in [9.17, 15) is 33.1 Å². The number of alkyl halides is 2. The third-order valence-corrected chi connectivity index (χ3v) is 6.88. The van der Waals surface area contributed by atoms with E-state index in [-0.39, 0.29) is 18.4 Å². The van der Waals surface area contributed by atoms with Crippen molar-refractivity contribution in [3.8, 4) is 0 Å². The summed E-state index contributed by atoms with van der Waals surface area (Å²) in [6.45, 7) is 6.25. The van der Waals surface area contributed by atoms with Gasteiger partial charge in [-0.15, -0.1) is 0 Å². The predicted molar refractivity (Wildman–Crippen MR) is 122 cm³/mol. The van der Waals surface area contributed by atoms with Crippen molar-refractivity contribution in [1.82, 2.24) is 15.5 Å². The Hall–Kier alpha value is -2.50. The lowest BCUT2D eigenvalue weighted by Gasteiger charge is -2.43. The van der Waals surface area contributed by atoms with Crippen molar-refractivity contribution in [2.24, 2.45) is 16.6 Å². The minimum atomic E-state index is -3.08. The van der Waals surface area contributed by atoms with Gasteiger partial charge < -0.3 is 31.1 Å². The van der Waals surface area contributed by atoms with Gasteiger partial charge in [0, 0.05) is 13.0 Å². The van der Waals surface area contributed by atoms with Crippen LogP contribution in [-0.2, 0) is 19.1 Å². The normalized spacial score (nSPS) is 22.1. The van der Waals surface area contributed by atoms with Gasteiger partial charge in [0.15, 0.2) is 6.10 Å². The molecule has 0 radical (unpaired) electrons. The molecular formula is C23H38F2N4O6. The number of nitrogens with one attached hydrogen (secondary N) is 2. The summed E-state index contributed by atoms with van der Waals surface area (Å²) in [5, 5.41) is 15.2. The first-order valence-electron chi connectivity index (χ1n) is 11.8. The lowest BCUT2D eigenvalue weighted by Crippen LogP contribution is -2.63. The molecule has 1 heterocycles. The summed E-state index contributed by atoms with van der Waals surface area (Å²) < 4.78 is 31.5. The number of amides is 4. The van der Waals surface area contributed by atoms with Crippen molar-refractivity contribution >= 4 is 23.8 Å². The fourth-order valence-electron chi connectivity index (χ4n) is 4.45. The standard InChI is InChI=1S/C23H38F2N4O6/c1-21(2,3)16(28-20(34)35-5)19(33)29-11-10-23(8-9-23)12-14(29)18(32)27-13(15(30)17(26)31)6-7-22(4,24)25/h13-16,30H,6-12H2,1-5H3,(H2,26,31)(H,27,32)(H,28,34)/t13-,14-,15?,16+/m0/s1. The van der Waals surface area contributed by atoms with E-state index in [0.29, 0.717) is 19.8 Å². The molecule has 4 atom stereocenters. The van der Waals surface area contributed by atoms with Gasteiger partial charge in [-0.3, -0.25) is 14.4 Å². The SMILES string of the molecule is COC(=O)N[C@H](C(=O)N1CCC2(CC2)C[C@H]1C(=O)N[C@@H](CCC(C)(F)F)C(O)C(N)=O)C(C)(C)C. The summed E-state index contributed by atoms with van der Waals surface area (Å²) in [5.74, 6) is -5.38. The number of nitrogens with zero attached hydrogens (tertiary/aromatic N) is 1. The molecule has 0 aromatic carbocycles. The zero-order chi connectivity index (χ0) is 26.8. The Labute approximate surface area is 204 Å². The molecule has 10 nitrogen and oxygen atoms in total. The van der Waals surface area contributed by atoms with Crippen molar-refractivity contribution < 1.29 is 37.8 Å². The van der Waals surface area contributed by atoms with Crippen LogP contribution in [0.5, 0.6) is 0 Å². The Bertz CT molecular complexity index is 822. The average molecular weight is 505 g/mol. The van der Waals surface area contributed by atoms with Gasteiger partial charge in [0.2, 0.25) is 23.6 Å². The fourth-order valence-corrected chi connectivity index (χ4v) is 4.45. The Morgan fingerprint density at radius 2 is 1.74 bits per heavy atom. The molecule has 1 aliphatic heterocycles. The highest BCUT2D eigenvalue weighted by atomic mass is 19.3. The smallest absolute Gasteiger partial charge is 0.407 e. The third kappa shape index (κ3) is 7.74. The van der Waals surface area contributed by atoms with Crippen LogP contribution in [0.1, 0.15) is 66.2 Å². The Morgan fingerprint density at radius 1 is 1.14 bits per heavy atom. The minimum Gasteiger partial charge on any atom is -0.453 e. The molecule has 1 saturated carbocycles. The van der Waals surface area contributed by atoms with Crippen LogP contribution in [0, 0.1) is 10.8 Å². The third-order valence-electron chi connectivity index (χ3n) is 6.88. The highest BCUT2D eigenvalue weighted by Gasteiger charge is 2.52. The second-order valence-corrected chi connectivity index (χ2v) is 11.0. The lowest BCUT2D eigenvalue weighted by atomic mass is 9.82. The van der Waals surface area contributed by atoms with Gasteiger partial charge in [-0.2, -0.15) is 0 Å². The minimum absolute atomic E-state index is 0.0833. The lowest BCUT2D eigenvalue weighted by molar-refractivity contribution is -0.148. The van der Waals surface area contributed by atoms with Gasteiger partial charge in [-0.1, -0.05) is 20.8 Å². The number of nitrogens with two attached hydrogens (primary N) is 1. The van der Waals surface area contributed by atoms with Crippen molar-refractivity contribution in [3.05, 3.63) is 0 Å². The zero-order valence-corrected chi connectivity index (χ0v) is 21.0. The number of hydrogen-bond acceptors (Lipinski definition) is 6. The van der Waals surface area contributed by atoms with E-state index in [0.717, 1.165) is 12.8 Å². The number of ether oxygens (including phenoxy) is 1. The van der Waals surface area contributed by atoms with Crippen molar-refractivity contribution in [2.45, 2.75) is 96.4 Å². The highest BCUT2D eigenvalue weighted by Crippen LogP contribution is 2.55. The molecule has 0 aromatic heterocycles. The van der Waals surface area contributed by atoms with Gasteiger partial charge in [0.05, 0.1) is 13.2 Å². The van der Waals surface area contributed by atoms with E-state index in [2.05, 4.69) is 15.4 Å². The van der Waals surface area contributed by atoms with Crippen LogP contribution >= 0.6 is 0 Å². The summed E-state index contributed by atoms with van der Waals surface area (Å²) in [6.07, 6.45) is -0.897. The van der Waals surface area contributed by atoms with Gasteiger partial charge in [0.25, 0.3) is 0 Å². The van der Waals surface area contributed by atoms with Crippen LogP contribution in [0.25, 0.3) is 0 Å². The predicted octanol–water partition coefficient (Wildman–Crippen LogP) is 1.29. The summed E-state index contributed by atoms with van der Waals surface area (Å²) >= 11 is 0. The molecule has 4 amide bonds. The largest absolute Gasteiger partial charge is 0.453 e. The molecule has 200 valence electrons. The number of aliphatic hydroxyl groups is 1. The van der Waals surface area contributed by atoms with E-state index >= 15 is 0 Å². The van der Waals surface area contributed by atoms with E-state index in [1.54, 1.807) is 20.8 Å². The maximum atomic E-state index is 13.6.